The van der Waals surface area contributed by atoms with Gasteiger partial charge in [0.05, 0.1) is 18.0 Å². The van der Waals surface area contributed by atoms with Crippen LogP contribution in [0.5, 0.6) is 0 Å². The average Bonchev–Trinajstić information content (AvgIpc) is 3.20. The van der Waals surface area contributed by atoms with E-state index in [-0.39, 0.29) is 11.3 Å². The van der Waals surface area contributed by atoms with Gasteiger partial charge in [-0.25, -0.2) is 9.97 Å². The number of hydrogen-bond acceptors (Lipinski definition) is 5. The Hall–Kier alpha value is -2.77. The van der Waals surface area contributed by atoms with Crippen LogP contribution in [0.2, 0.25) is 0 Å². The number of pyridine rings is 1. The number of nitrogens with one attached hydrogen (secondary N) is 1. The van der Waals surface area contributed by atoms with Crippen molar-refractivity contribution in [3.05, 3.63) is 60.0 Å². The van der Waals surface area contributed by atoms with Crippen LogP contribution in [0.25, 0.3) is 11.2 Å². The number of likely N-dealkylation sites (tertiary alicyclic amines) is 1. The van der Waals surface area contributed by atoms with Crippen molar-refractivity contribution in [1.82, 2.24) is 24.8 Å². The van der Waals surface area contributed by atoms with Crippen molar-refractivity contribution in [2.45, 2.75) is 38.3 Å². The summed E-state index contributed by atoms with van der Waals surface area (Å²) in [5, 5.41) is 13.9. The van der Waals surface area contributed by atoms with E-state index in [9.17, 15) is 9.90 Å². The van der Waals surface area contributed by atoms with Gasteiger partial charge in [-0.05, 0) is 55.8 Å². The maximum atomic E-state index is 13.3. The van der Waals surface area contributed by atoms with Crippen LogP contribution in [-0.4, -0.2) is 62.7 Å². The van der Waals surface area contributed by atoms with Gasteiger partial charge in [-0.3, -0.25) is 4.79 Å². The lowest BCUT2D eigenvalue weighted by atomic mass is 9.72. The number of aromatic nitrogens is 3. The predicted molar refractivity (Wildman–Crippen MR) is 119 cm³/mol. The zero-order valence-electron chi connectivity index (χ0n) is 17.7. The van der Waals surface area contributed by atoms with Crippen molar-refractivity contribution in [1.29, 1.82) is 0 Å². The van der Waals surface area contributed by atoms with Crippen LogP contribution >= 0.6 is 0 Å². The van der Waals surface area contributed by atoms with Crippen molar-refractivity contribution in [2.24, 2.45) is 5.41 Å². The smallest absolute Gasteiger partial charge is 0.255 e. The van der Waals surface area contributed by atoms with Crippen LogP contribution in [0, 0.1) is 5.41 Å². The fraction of sp³-hybridized carbons (Fsp3) is 0.458. The third-order valence-electron chi connectivity index (χ3n) is 6.76. The molecular weight excluding hydrogens is 390 g/mol. The number of hydrogen-bond donors (Lipinski definition) is 2. The third-order valence-corrected chi connectivity index (χ3v) is 6.76. The van der Waals surface area contributed by atoms with E-state index in [1.807, 2.05) is 33.7 Å². The fourth-order valence-electron chi connectivity index (χ4n) is 5.13. The quantitative estimate of drug-likeness (QED) is 0.678. The highest BCUT2D eigenvalue weighted by atomic mass is 16.3. The van der Waals surface area contributed by atoms with Gasteiger partial charge in [0.25, 0.3) is 5.91 Å². The zero-order valence-corrected chi connectivity index (χ0v) is 17.7. The molecule has 3 aromatic rings. The summed E-state index contributed by atoms with van der Waals surface area (Å²) in [5.74, 6) is -0.0649. The minimum absolute atomic E-state index is 0.0229. The second-order valence-corrected chi connectivity index (χ2v) is 9.03. The van der Waals surface area contributed by atoms with Gasteiger partial charge >= 0.3 is 0 Å². The van der Waals surface area contributed by atoms with Crippen molar-refractivity contribution < 1.29 is 9.90 Å². The van der Waals surface area contributed by atoms with Gasteiger partial charge in [-0.15, -0.1) is 0 Å². The fourth-order valence-corrected chi connectivity index (χ4v) is 5.13. The number of imidazole rings is 1. The van der Waals surface area contributed by atoms with Gasteiger partial charge in [-0.2, -0.15) is 0 Å². The number of aryl methyl sites for hydroxylation is 2. The van der Waals surface area contributed by atoms with Crippen molar-refractivity contribution in [3.63, 3.8) is 0 Å². The maximum Gasteiger partial charge on any atom is 0.255 e. The third kappa shape index (κ3) is 4.20. The van der Waals surface area contributed by atoms with Gasteiger partial charge in [-0.1, -0.05) is 30.3 Å². The summed E-state index contributed by atoms with van der Waals surface area (Å²) in [4.78, 5) is 24.1. The van der Waals surface area contributed by atoms with Crippen LogP contribution in [0.3, 0.4) is 0 Å². The first-order valence-electron chi connectivity index (χ1n) is 11.1. The highest BCUT2D eigenvalue weighted by Crippen LogP contribution is 2.38. The summed E-state index contributed by atoms with van der Waals surface area (Å²) in [6.45, 7) is 3.77. The van der Waals surface area contributed by atoms with Gasteiger partial charge < -0.3 is 19.9 Å². The van der Waals surface area contributed by atoms with E-state index >= 15 is 0 Å². The van der Waals surface area contributed by atoms with Crippen LogP contribution in [0.1, 0.15) is 35.2 Å². The molecule has 7 nitrogen and oxygen atoms in total. The molecule has 31 heavy (non-hydrogen) atoms. The van der Waals surface area contributed by atoms with E-state index < -0.39 is 6.10 Å². The molecule has 1 aromatic carbocycles. The van der Waals surface area contributed by atoms with E-state index in [4.69, 9.17) is 0 Å². The number of benzene rings is 1. The van der Waals surface area contributed by atoms with Crippen LogP contribution in [0.15, 0.2) is 48.9 Å². The largest absolute Gasteiger partial charge is 0.391 e. The minimum atomic E-state index is -0.468. The molecule has 1 atom stereocenters. The van der Waals surface area contributed by atoms with Crippen LogP contribution in [-0.2, 0) is 13.0 Å². The number of rotatable bonds is 4. The highest BCUT2D eigenvalue weighted by Gasteiger charge is 2.41. The molecule has 0 bridgehead atoms. The van der Waals surface area contributed by atoms with E-state index in [0.717, 1.165) is 56.5 Å². The molecule has 0 saturated carbocycles. The second kappa shape index (κ2) is 8.40. The van der Waals surface area contributed by atoms with Gasteiger partial charge in [0.15, 0.2) is 5.65 Å². The molecule has 5 rings (SSSR count). The number of β-amino-alcohol motifs (C(OH)–C–C–N with tert-alkyl or cyclic N) is 1. The normalized spacial score (nSPS) is 20.9. The number of carbonyl (C=O) groups excluding carboxylic acids is 1. The zero-order chi connectivity index (χ0) is 21.3. The van der Waals surface area contributed by atoms with Gasteiger partial charge in [0, 0.05) is 25.8 Å². The summed E-state index contributed by atoms with van der Waals surface area (Å²) in [6, 6.07) is 12.2. The summed E-state index contributed by atoms with van der Waals surface area (Å²) in [5.41, 5.74) is 3.36. The summed E-state index contributed by atoms with van der Waals surface area (Å²) >= 11 is 0. The molecule has 162 valence electrons. The van der Waals surface area contributed by atoms with Crippen LogP contribution < -0.4 is 5.32 Å². The molecule has 1 unspecified atom stereocenters. The first-order valence-corrected chi connectivity index (χ1v) is 11.1. The Morgan fingerprint density at radius 2 is 2.00 bits per heavy atom. The molecule has 4 heterocycles. The Labute approximate surface area is 182 Å². The highest BCUT2D eigenvalue weighted by molar-refractivity contribution is 5.96. The second-order valence-electron chi connectivity index (χ2n) is 9.03. The van der Waals surface area contributed by atoms with Crippen molar-refractivity contribution in [2.75, 3.05) is 26.2 Å². The molecule has 2 aliphatic rings. The molecule has 0 radical (unpaired) electrons. The Bertz CT molecular complexity index is 1060. The summed E-state index contributed by atoms with van der Waals surface area (Å²) in [6.07, 6.45) is 6.65. The standard InChI is InChI=1S/C24H29N5O2/c30-20-13-24(7-9-25-10-8-24)16-29(15-20)23(31)19-12-21-22(26-14-19)28(17-27-21)11-6-18-4-2-1-3-5-18/h1-5,12,14,17,20,25,30H,6-11,13,15-16H2. The Morgan fingerprint density at radius 1 is 1.19 bits per heavy atom. The number of aliphatic hydroxyl groups is 1. The average molecular weight is 420 g/mol. The molecule has 1 amide bonds. The number of nitrogens with zero attached hydrogens (tertiary/aromatic N) is 4. The molecule has 1 spiro atoms. The van der Waals surface area contributed by atoms with E-state index in [1.165, 1.54) is 5.56 Å². The van der Waals surface area contributed by atoms with E-state index in [0.29, 0.717) is 18.7 Å². The number of amides is 1. The van der Waals surface area contributed by atoms with Crippen molar-refractivity contribution in [3.8, 4) is 0 Å². The first kappa shape index (κ1) is 20.2. The summed E-state index contributed by atoms with van der Waals surface area (Å²) in [7, 11) is 0. The number of carbonyl (C=O) groups is 1. The molecule has 2 N–H and O–H groups in total. The lowest BCUT2D eigenvalue weighted by molar-refractivity contribution is -0.0174. The summed E-state index contributed by atoms with van der Waals surface area (Å²) < 4.78 is 2.03. The first-order chi connectivity index (χ1) is 15.1. The van der Waals surface area contributed by atoms with Gasteiger partial charge in [0.2, 0.25) is 0 Å². The molecule has 2 fully saturated rings. The van der Waals surface area contributed by atoms with E-state index in [2.05, 4.69) is 27.4 Å². The Morgan fingerprint density at radius 3 is 2.81 bits per heavy atom. The molecule has 7 heteroatoms. The molecule has 2 aromatic heterocycles. The molecule has 0 aliphatic carbocycles. The SMILES string of the molecule is O=C(c1cnc2c(c1)ncn2CCc1ccccc1)N1CC(O)CC2(CCNCC2)C1. The molecular formula is C24H29N5O2. The van der Waals surface area contributed by atoms with Crippen LogP contribution in [0.4, 0.5) is 0 Å². The lowest BCUT2D eigenvalue weighted by Gasteiger charge is -2.47. The number of piperidine rings is 2. The van der Waals surface area contributed by atoms with Crippen molar-refractivity contribution >= 4 is 17.1 Å². The maximum absolute atomic E-state index is 13.3. The van der Waals surface area contributed by atoms with Gasteiger partial charge in [0.1, 0.15) is 5.52 Å². The van der Waals surface area contributed by atoms with E-state index in [1.54, 1.807) is 12.5 Å². The Balaban J connectivity index is 1.32. The topological polar surface area (TPSA) is 83.3 Å². The number of fused-ring (bicyclic) bond motifs is 1. The molecule has 2 saturated heterocycles. The monoisotopic (exact) mass is 419 g/mol. The molecule has 2 aliphatic heterocycles. The lowest BCUT2D eigenvalue weighted by Crippen LogP contribution is -2.54. The minimum Gasteiger partial charge on any atom is -0.391 e. The Kier molecular flexibility index (Phi) is 5.46. The number of aliphatic hydroxyl groups excluding tert-OH is 1. The predicted octanol–water partition coefficient (Wildman–Crippen LogP) is 2.25.